The summed E-state index contributed by atoms with van der Waals surface area (Å²) in [5.41, 5.74) is 1.75. The second-order valence-electron chi connectivity index (χ2n) is 7.35. The molecule has 2 amide bonds. The van der Waals surface area contributed by atoms with Gasteiger partial charge in [0.1, 0.15) is 18.1 Å². The van der Waals surface area contributed by atoms with E-state index in [1.807, 2.05) is 30.3 Å². The molecule has 3 aromatic carbocycles. The molecule has 0 saturated heterocycles. The van der Waals surface area contributed by atoms with Crippen LogP contribution in [0.4, 0.5) is 17.1 Å². The van der Waals surface area contributed by atoms with Gasteiger partial charge in [-0.05, 0) is 48.0 Å². The molecule has 1 N–H and O–H groups in total. The Balaban J connectivity index is 1.37. The van der Waals surface area contributed by atoms with E-state index in [9.17, 15) is 19.7 Å². The Hall–Kier alpha value is -4.66. The molecule has 0 atom stereocenters. The van der Waals surface area contributed by atoms with Crippen LogP contribution < -0.4 is 19.7 Å². The van der Waals surface area contributed by atoms with Crippen LogP contribution in [-0.4, -0.2) is 36.5 Å². The third kappa shape index (κ3) is 5.57. The topological polar surface area (TPSA) is 111 Å². The highest BCUT2D eigenvalue weighted by Gasteiger charge is 2.25. The first-order valence-corrected chi connectivity index (χ1v) is 10.5. The number of carbonyl (C=O) groups excluding carboxylic acids is 2. The van der Waals surface area contributed by atoms with Gasteiger partial charge in [0.25, 0.3) is 11.6 Å². The predicted octanol–water partition coefficient (Wildman–Crippen LogP) is 4.05. The first kappa shape index (κ1) is 22.5. The predicted molar refractivity (Wildman–Crippen MR) is 127 cm³/mol. The van der Waals surface area contributed by atoms with E-state index in [-0.39, 0.29) is 24.1 Å². The fourth-order valence-corrected chi connectivity index (χ4v) is 3.36. The Kier molecular flexibility index (Phi) is 6.83. The minimum atomic E-state index is -0.483. The molecule has 34 heavy (non-hydrogen) atoms. The standard InChI is InChI=1S/C25H21N3O6/c29-24(13-8-18-6-10-20(11-7-18)28(31)32)26-19-9-12-22-23(16-19)34-17-25(30)27(22)14-15-33-21-4-2-1-3-5-21/h1-13,16H,14-15,17H2,(H,26,29)/b13-8+. The van der Waals surface area contributed by atoms with E-state index in [2.05, 4.69) is 5.32 Å². The number of nitro benzene ring substituents is 1. The number of amides is 2. The van der Waals surface area contributed by atoms with Gasteiger partial charge in [0, 0.05) is 30.0 Å². The van der Waals surface area contributed by atoms with Gasteiger partial charge in [0.2, 0.25) is 5.91 Å². The van der Waals surface area contributed by atoms with Crippen molar-refractivity contribution < 1.29 is 24.0 Å². The average Bonchev–Trinajstić information content (AvgIpc) is 2.85. The van der Waals surface area contributed by atoms with Crippen LogP contribution in [0, 0.1) is 10.1 Å². The number of nitrogens with zero attached hydrogens (tertiary/aromatic N) is 2. The van der Waals surface area contributed by atoms with Gasteiger partial charge in [-0.2, -0.15) is 0 Å². The van der Waals surface area contributed by atoms with E-state index in [0.717, 1.165) is 5.75 Å². The molecule has 9 heteroatoms. The van der Waals surface area contributed by atoms with Gasteiger partial charge >= 0.3 is 0 Å². The molecule has 0 unspecified atom stereocenters. The molecule has 0 saturated carbocycles. The van der Waals surface area contributed by atoms with Crippen molar-refractivity contribution in [3.63, 3.8) is 0 Å². The molecule has 0 fully saturated rings. The Labute approximate surface area is 195 Å². The number of carbonyl (C=O) groups is 2. The fraction of sp³-hybridized carbons (Fsp3) is 0.120. The van der Waals surface area contributed by atoms with Crippen LogP contribution in [0.15, 0.2) is 78.9 Å². The Bertz CT molecular complexity index is 1230. The van der Waals surface area contributed by atoms with Gasteiger partial charge in [0.05, 0.1) is 17.2 Å². The van der Waals surface area contributed by atoms with Crippen molar-refractivity contribution in [3.05, 3.63) is 94.6 Å². The number of non-ortho nitro benzene ring substituents is 1. The second kappa shape index (κ2) is 10.3. The molecule has 1 aliphatic heterocycles. The molecule has 0 aromatic heterocycles. The number of para-hydroxylation sites is 1. The van der Waals surface area contributed by atoms with Crippen molar-refractivity contribution in [3.8, 4) is 11.5 Å². The zero-order chi connectivity index (χ0) is 23.9. The number of nitrogens with one attached hydrogen (secondary N) is 1. The summed E-state index contributed by atoms with van der Waals surface area (Å²) >= 11 is 0. The molecule has 1 aliphatic rings. The first-order valence-electron chi connectivity index (χ1n) is 10.5. The highest BCUT2D eigenvalue weighted by molar-refractivity contribution is 6.03. The van der Waals surface area contributed by atoms with Crippen LogP contribution in [0.3, 0.4) is 0 Å². The molecular formula is C25H21N3O6. The number of nitro groups is 1. The number of hydrogen-bond acceptors (Lipinski definition) is 6. The van der Waals surface area contributed by atoms with Crippen LogP contribution in [-0.2, 0) is 9.59 Å². The summed E-state index contributed by atoms with van der Waals surface area (Å²) in [6.45, 7) is 0.574. The third-order valence-corrected chi connectivity index (χ3v) is 5.03. The molecule has 4 rings (SSSR count). The van der Waals surface area contributed by atoms with E-state index in [4.69, 9.17) is 9.47 Å². The van der Waals surface area contributed by atoms with E-state index < -0.39 is 4.92 Å². The Morgan fingerprint density at radius 3 is 2.62 bits per heavy atom. The summed E-state index contributed by atoms with van der Waals surface area (Å²) in [6.07, 6.45) is 2.89. The average molecular weight is 459 g/mol. The number of benzene rings is 3. The highest BCUT2D eigenvalue weighted by Crippen LogP contribution is 2.34. The molecule has 0 radical (unpaired) electrons. The largest absolute Gasteiger partial charge is 0.492 e. The summed E-state index contributed by atoms with van der Waals surface area (Å²) < 4.78 is 11.3. The smallest absolute Gasteiger partial charge is 0.269 e. The van der Waals surface area contributed by atoms with Crippen molar-refractivity contribution in [2.75, 3.05) is 30.0 Å². The second-order valence-corrected chi connectivity index (χ2v) is 7.35. The zero-order valence-corrected chi connectivity index (χ0v) is 18.0. The van der Waals surface area contributed by atoms with E-state index >= 15 is 0 Å². The van der Waals surface area contributed by atoms with E-state index in [0.29, 0.717) is 35.8 Å². The number of ether oxygens (including phenoxy) is 2. The van der Waals surface area contributed by atoms with Crippen molar-refractivity contribution in [1.29, 1.82) is 0 Å². The Morgan fingerprint density at radius 2 is 1.88 bits per heavy atom. The number of hydrogen-bond donors (Lipinski definition) is 1. The number of fused-ring (bicyclic) bond motifs is 1. The van der Waals surface area contributed by atoms with Crippen LogP contribution >= 0.6 is 0 Å². The van der Waals surface area contributed by atoms with Crippen molar-refractivity contribution >= 4 is 35.0 Å². The number of anilines is 2. The lowest BCUT2D eigenvalue weighted by molar-refractivity contribution is -0.384. The minimum Gasteiger partial charge on any atom is -0.492 e. The zero-order valence-electron chi connectivity index (χ0n) is 18.0. The van der Waals surface area contributed by atoms with Crippen molar-refractivity contribution in [2.45, 2.75) is 0 Å². The van der Waals surface area contributed by atoms with Crippen LogP contribution in [0.5, 0.6) is 11.5 Å². The van der Waals surface area contributed by atoms with Crippen molar-refractivity contribution in [1.82, 2.24) is 0 Å². The number of rotatable bonds is 8. The maximum atomic E-state index is 12.4. The van der Waals surface area contributed by atoms with Gasteiger partial charge < -0.3 is 19.7 Å². The van der Waals surface area contributed by atoms with Crippen LogP contribution in [0.2, 0.25) is 0 Å². The van der Waals surface area contributed by atoms with Gasteiger partial charge in [-0.15, -0.1) is 0 Å². The summed E-state index contributed by atoms with van der Waals surface area (Å²) in [5.74, 6) is 0.657. The lowest BCUT2D eigenvalue weighted by atomic mass is 10.2. The monoisotopic (exact) mass is 459 g/mol. The van der Waals surface area contributed by atoms with E-state index in [1.54, 1.807) is 41.3 Å². The molecular weight excluding hydrogens is 438 g/mol. The highest BCUT2D eigenvalue weighted by atomic mass is 16.6. The van der Waals surface area contributed by atoms with Crippen LogP contribution in [0.1, 0.15) is 5.56 Å². The lowest BCUT2D eigenvalue weighted by Gasteiger charge is -2.29. The van der Waals surface area contributed by atoms with Gasteiger partial charge in [0.15, 0.2) is 6.61 Å². The normalized spacial score (nSPS) is 12.7. The molecule has 3 aromatic rings. The SMILES string of the molecule is O=C(/C=C/c1ccc([N+](=O)[O-])cc1)Nc1ccc2c(c1)OCC(=O)N2CCOc1ccccc1. The lowest BCUT2D eigenvalue weighted by Crippen LogP contribution is -2.41. The third-order valence-electron chi connectivity index (χ3n) is 5.03. The van der Waals surface area contributed by atoms with Gasteiger partial charge in [-0.1, -0.05) is 18.2 Å². The summed E-state index contributed by atoms with van der Waals surface area (Å²) in [5, 5.41) is 13.5. The Morgan fingerprint density at radius 1 is 1.12 bits per heavy atom. The maximum Gasteiger partial charge on any atom is 0.269 e. The summed E-state index contributed by atoms with van der Waals surface area (Å²) in [6, 6.07) is 20.3. The summed E-state index contributed by atoms with van der Waals surface area (Å²) in [4.78, 5) is 36.5. The van der Waals surface area contributed by atoms with E-state index in [1.165, 1.54) is 18.2 Å². The fourth-order valence-electron chi connectivity index (χ4n) is 3.36. The molecule has 9 nitrogen and oxygen atoms in total. The van der Waals surface area contributed by atoms with Crippen molar-refractivity contribution in [2.24, 2.45) is 0 Å². The van der Waals surface area contributed by atoms with Gasteiger partial charge in [-0.3, -0.25) is 19.7 Å². The molecule has 0 spiro atoms. The van der Waals surface area contributed by atoms with Crippen LogP contribution in [0.25, 0.3) is 6.08 Å². The summed E-state index contributed by atoms with van der Waals surface area (Å²) in [7, 11) is 0. The molecule has 0 bridgehead atoms. The minimum absolute atomic E-state index is 0.0187. The van der Waals surface area contributed by atoms with Gasteiger partial charge in [-0.25, -0.2) is 0 Å². The molecule has 1 heterocycles. The molecule has 0 aliphatic carbocycles. The molecule has 172 valence electrons. The first-order chi connectivity index (χ1) is 16.5. The maximum absolute atomic E-state index is 12.4. The quantitative estimate of drug-likeness (QED) is 0.309.